The third kappa shape index (κ3) is 4.31. The first-order chi connectivity index (χ1) is 10.4. The second-order valence-electron chi connectivity index (χ2n) is 7.21. The molecule has 4 heteroatoms. The number of nitrogens with one attached hydrogen (secondary N) is 1. The van der Waals surface area contributed by atoms with Crippen molar-refractivity contribution in [2.75, 3.05) is 13.2 Å². The Bertz CT molecular complexity index is 482. The van der Waals surface area contributed by atoms with Crippen LogP contribution in [0.2, 0.25) is 0 Å². The molecule has 0 aromatic heterocycles. The Morgan fingerprint density at radius 2 is 2.05 bits per heavy atom. The van der Waals surface area contributed by atoms with E-state index in [-0.39, 0.29) is 17.4 Å². The van der Waals surface area contributed by atoms with E-state index < -0.39 is 6.04 Å². The van der Waals surface area contributed by atoms with Crippen LogP contribution in [0.4, 0.5) is 0 Å². The summed E-state index contributed by atoms with van der Waals surface area (Å²) >= 11 is 0. The molecule has 1 heterocycles. The third-order valence-electron chi connectivity index (χ3n) is 4.30. The van der Waals surface area contributed by atoms with E-state index >= 15 is 0 Å². The van der Waals surface area contributed by atoms with Crippen LogP contribution in [0.25, 0.3) is 0 Å². The van der Waals surface area contributed by atoms with E-state index in [1.165, 1.54) is 0 Å². The number of carbonyl (C=O) groups is 1. The molecule has 1 aliphatic heterocycles. The summed E-state index contributed by atoms with van der Waals surface area (Å²) in [5.74, 6) is 0.0644. The van der Waals surface area contributed by atoms with Gasteiger partial charge in [-0.25, -0.2) is 0 Å². The number of hydrogen-bond donors (Lipinski definition) is 2. The van der Waals surface area contributed by atoms with Gasteiger partial charge in [0.15, 0.2) is 0 Å². The number of amides is 1. The predicted molar refractivity (Wildman–Crippen MR) is 88.3 cm³/mol. The topological polar surface area (TPSA) is 64.3 Å². The Morgan fingerprint density at radius 3 is 2.64 bits per heavy atom. The summed E-state index contributed by atoms with van der Waals surface area (Å²) in [7, 11) is 0. The lowest BCUT2D eigenvalue weighted by atomic mass is 9.78. The molecular weight excluding hydrogens is 276 g/mol. The molecule has 3 N–H and O–H groups in total. The molecule has 0 spiro atoms. The molecule has 1 fully saturated rings. The van der Waals surface area contributed by atoms with Gasteiger partial charge in [-0.05, 0) is 29.7 Å². The zero-order chi connectivity index (χ0) is 16.2. The summed E-state index contributed by atoms with van der Waals surface area (Å²) in [5.41, 5.74) is 6.59. The number of carbonyl (C=O) groups excluding carboxylic acids is 1. The Labute approximate surface area is 133 Å². The van der Waals surface area contributed by atoms with Crippen LogP contribution in [0.15, 0.2) is 30.3 Å². The minimum Gasteiger partial charge on any atom is -0.377 e. The van der Waals surface area contributed by atoms with Crippen molar-refractivity contribution in [2.24, 2.45) is 17.1 Å². The van der Waals surface area contributed by atoms with Crippen LogP contribution < -0.4 is 11.1 Å². The zero-order valence-corrected chi connectivity index (χ0v) is 13.8. The van der Waals surface area contributed by atoms with Crippen LogP contribution in [0.5, 0.6) is 0 Å². The molecule has 0 bridgehead atoms. The molecule has 22 heavy (non-hydrogen) atoms. The summed E-state index contributed by atoms with van der Waals surface area (Å²) in [6.45, 7) is 8.19. The van der Waals surface area contributed by atoms with Gasteiger partial charge in [0.25, 0.3) is 0 Å². The molecule has 0 radical (unpaired) electrons. The Morgan fingerprint density at radius 1 is 1.36 bits per heavy atom. The van der Waals surface area contributed by atoms with E-state index in [1.54, 1.807) is 0 Å². The second kappa shape index (κ2) is 7.25. The van der Waals surface area contributed by atoms with Gasteiger partial charge in [0, 0.05) is 13.2 Å². The number of primary amides is 1. The van der Waals surface area contributed by atoms with Gasteiger partial charge < -0.3 is 15.8 Å². The molecule has 1 saturated heterocycles. The second-order valence-corrected chi connectivity index (χ2v) is 7.21. The first kappa shape index (κ1) is 17.0. The highest BCUT2D eigenvalue weighted by molar-refractivity contribution is 5.81. The Kier molecular flexibility index (Phi) is 5.59. The molecule has 2 rings (SSSR count). The molecule has 4 nitrogen and oxygen atoms in total. The first-order valence-electron chi connectivity index (χ1n) is 8.09. The summed E-state index contributed by atoms with van der Waals surface area (Å²) in [4.78, 5) is 11.8. The van der Waals surface area contributed by atoms with E-state index in [9.17, 15) is 4.79 Å². The summed E-state index contributed by atoms with van der Waals surface area (Å²) in [6.07, 6.45) is 2.40. The number of ether oxygens (including phenoxy) is 1. The molecule has 1 aromatic rings. The highest BCUT2D eigenvalue weighted by atomic mass is 16.5. The standard InChI is InChI=1S/C18H28N2O2/c1-18(2,3)16-14(10-7-11-22-16)12-20-15(17(19)21)13-8-5-4-6-9-13/h4-6,8-9,14-16,20H,7,10-12H2,1-3H3,(H2,19,21)/t14-,15+,16+/m0/s1. The van der Waals surface area contributed by atoms with Gasteiger partial charge in [0.05, 0.1) is 6.10 Å². The van der Waals surface area contributed by atoms with Gasteiger partial charge in [-0.2, -0.15) is 0 Å². The molecule has 1 aromatic carbocycles. The minimum atomic E-state index is -0.441. The number of nitrogens with two attached hydrogens (primary N) is 1. The Balaban J connectivity index is 2.04. The van der Waals surface area contributed by atoms with Gasteiger partial charge >= 0.3 is 0 Å². The fourth-order valence-electron chi connectivity index (χ4n) is 3.31. The van der Waals surface area contributed by atoms with Gasteiger partial charge in [-0.3, -0.25) is 4.79 Å². The SMILES string of the molecule is CC(C)(C)[C@@H]1OCCC[C@H]1CN[C@@H](C(N)=O)c1ccccc1. The highest BCUT2D eigenvalue weighted by Crippen LogP contribution is 2.34. The van der Waals surface area contributed by atoms with Crippen LogP contribution in [0.3, 0.4) is 0 Å². The highest BCUT2D eigenvalue weighted by Gasteiger charge is 2.35. The Hall–Kier alpha value is -1.39. The molecule has 1 aliphatic rings. The summed E-state index contributed by atoms with van der Waals surface area (Å²) in [6, 6.07) is 9.21. The lowest BCUT2D eigenvalue weighted by Crippen LogP contribution is -2.46. The predicted octanol–water partition coefficient (Wildman–Crippen LogP) is 2.64. The number of rotatable bonds is 5. The van der Waals surface area contributed by atoms with E-state index in [1.807, 2.05) is 30.3 Å². The smallest absolute Gasteiger partial charge is 0.239 e. The van der Waals surface area contributed by atoms with Crippen LogP contribution in [-0.4, -0.2) is 25.2 Å². The normalized spacial score (nSPS) is 24.0. The van der Waals surface area contributed by atoms with Crippen molar-refractivity contribution in [1.29, 1.82) is 0 Å². The summed E-state index contributed by atoms with van der Waals surface area (Å²) < 4.78 is 6.00. The van der Waals surface area contributed by atoms with Gasteiger partial charge in [-0.1, -0.05) is 51.1 Å². The lowest BCUT2D eigenvalue weighted by Gasteiger charge is -2.40. The molecule has 0 unspecified atom stereocenters. The van der Waals surface area contributed by atoms with E-state index in [4.69, 9.17) is 10.5 Å². The fraction of sp³-hybridized carbons (Fsp3) is 0.611. The van der Waals surface area contributed by atoms with Crippen molar-refractivity contribution >= 4 is 5.91 Å². The average Bonchev–Trinajstić information content (AvgIpc) is 2.47. The first-order valence-corrected chi connectivity index (χ1v) is 8.09. The van der Waals surface area contributed by atoms with Gasteiger partial charge in [0.1, 0.15) is 6.04 Å². The molecule has 0 saturated carbocycles. The van der Waals surface area contributed by atoms with Crippen molar-refractivity contribution in [1.82, 2.24) is 5.32 Å². The van der Waals surface area contributed by atoms with Crippen LogP contribution in [0.1, 0.15) is 45.2 Å². The maximum absolute atomic E-state index is 11.8. The molecular formula is C18H28N2O2. The maximum Gasteiger partial charge on any atom is 0.239 e. The minimum absolute atomic E-state index is 0.0989. The molecule has 1 amide bonds. The van der Waals surface area contributed by atoms with Crippen molar-refractivity contribution in [3.05, 3.63) is 35.9 Å². The number of benzene rings is 1. The van der Waals surface area contributed by atoms with Gasteiger partial charge in [-0.15, -0.1) is 0 Å². The van der Waals surface area contributed by atoms with Crippen molar-refractivity contribution in [3.63, 3.8) is 0 Å². The van der Waals surface area contributed by atoms with Crippen molar-refractivity contribution in [2.45, 2.75) is 45.8 Å². The van der Waals surface area contributed by atoms with E-state index in [0.717, 1.165) is 31.6 Å². The van der Waals surface area contributed by atoms with Crippen molar-refractivity contribution < 1.29 is 9.53 Å². The van der Waals surface area contributed by atoms with Crippen LogP contribution in [0, 0.1) is 11.3 Å². The lowest BCUT2D eigenvalue weighted by molar-refractivity contribution is -0.120. The maximum atomic E-state index is 11.8. The average molecular weight is 304 g/mol. The van der Waals surface area contributed by atoms with E-state index in [2.05, 4.69) is 26.1 Å². The third-order valence-corrected chi connectivity index (χ3v) is 4.30. The van der Waals surface area contributed by atoms with Gasteiger partial charge in [0.2, 0.25) is 5.91 Å². The zero-order valence-electron chi connectivity index (χ0n) is 13.8. The quantitative estimate of drug-likeness (QED) is 0.879. The summed E-state index contributed by atoms with van der Waals surface area (Å²) in [5, 5.41) is 3.35. The van der Waals surface area contributed by atoms with Crippen molar-refractivity contribution in [3.8, 4) is 0 Å². The van der Waals surface area contributed by atoms with E-state index in [0.29, 0.717) is 5.92 Å². The van der Waals surface area contributed by atoms with Crippen LogP contribution in [-0.2, 0) is 9.53 Å². The molecule has 0 aliphatic carbocycles. The largest absolute Gasteiger partial charge is 0.377 e. The molecule has 3 atom stereocenters. The fourth-order valence-corrected chi connectivity index (χ4v) is 3.31. The monoisotopic (exact) mass is 304 g/mol. The number of hydrogen-bond acceptors (Lipinski definition) is 3. The molecule has 122 valence electrons. The van der Waals surface area contributed by atoms with Crippen LogP contribution >= 0.6 is 0 Å².